The Kier molecular flexibility index (Phi) is 2.87. The van der Waals surface area contributed by atoms with Crippen LogP contribution in [-0.2, 0) is 0 Å². The molecule has 0 atom stereocenters. The number of aryl methyl sites for hydroxylation is 1. The lowest BCUT2D eigenvalue weighted by molar-refractivity contribution is 0.469. The molecule has 0 aliphatic heterocycles. The third-order valence-electron chi connectivity index (χ3n) is 3.11. The SMILES string of the molecule is Cc1ccc(-n2nnc(-c3ccccc3)c2N)c(O)c1. The van der Waals surface area contributed by atoms with Crippen molar-refractivity contribution in [3.63, 3.8) is 0 Å². The van der Waals surface area contributed by atoms with Gasteiger partial charge in [0.25, 0.3) is 0 Å². The topological polar surface area (TPSA) is 77.0 Å². The number of nitrogens with zero attached hydrogens (tertiary/aromatic N) is 3. The molecule has 5 heteroatoms. The van der Waals surface area contributed by atoms with E-state index in [4.69, 9.17) is 5.73 Å². The molecule has 3 rings (SSSR count). The largest absolute Gasteiger partial charge is 0.506 e. The Bertz CT molecular complexity index is 750. The predicted molar refractivity (Wildman–Crippen MR) is 77.6 cm³/mol. The minimum Gasteiger partial charge on any atom is -0.506 e. The van der Waals surface area contributed by atoms with Crippen molar-refractivity contribution in [3.05, 3.63) is 54.1 Å². The number of aromatic nitrogens is 3. The first-order valence-electron chi connectivity index (χ1n) is 6.23. The fourth-order valence-electron chi connectivity index (χ4n) is 2.08. The van der Waals surface area contributed by atoms with Crippen molar-refractivity contribution in [2.24, 2.45) is 0 Å². The van der Waals surface area contributed by atoms with Crippen LogP contribution in [0.3, 0.4) is 0 Å². The standard InChI is InChI=1S/C15H14N4O/c1-10-7-8-12(13(20)9-10)19-15(16)14(17-18-19)11-5-3-2-4-6-11/h2-9,20H,16H2,1H3. The maximum Gasteiger partial charge on any atom is 0.156 e. The van der Waals surface area contributed by atoms with E-state index in [1.165, 1.54) is 4.68 Å². The fraction of sp³-hybridized carbons (Fsp3) is 0.0667. The van der Waals surface area contributed by atoms with Crippen LogP contribution in [0.15, 0.2) is 48.5 Å². The van der Waals surface area contributed by atoms with Crippen LogP contribution in [-0.4, -0.2) is 20.1 Å². The summed E-state index contributed by atoms with van der Waals surface area (Å²) in [5.41, 5.74) is 9.08. The van der Waals surface area contributed by atoms with E-state index in [2.05, 4.69) is 10.3 Å². The number of anilines is 1. The lowest BCUT2D eigenvalue weighted by Gasteiger charge is -2.06. The van der Waals surface area contributed by atoms with Crippen molar-refractivity contribution in [3.8, 4) is 22.7 Å². The highest BCUT2D eigenvalue weighted by molar-refractivity contribution is 5.71. The number of hydrogen-bond donors (Lipinski definition) is 2. The van der Waals surface area contributed by atoms with Crippen molar-refractivity contribution in [1.29, 1.82) is 0 Å². The van der Waals surface area contributed by atoms with E-state index in [1.807, 2.05) is 43.3 Å². The van der Waals surface area contributed by atoms with Gasteiger partial charge >= 0.3 is 0 Å². The summed E-state index contributed by atoms with van der Waals surface area (Å²) in [4.78, 5) is 0. The molecule has 0 spiro atoms. The third kappa shape index (κ3) is 1.99. The molecule has 0 aliphatic rings. The zero-order valence-corrected chi connectivity index (χ0v) is 11.0. The van der Waals surface area contributed by atoms with E-state index in [0.29, 0.717) is 17.2 Å². The molecule has 2 aromatic carbocycles. The molecule has 0 amide bonds. The van der Waals surface area contributed by atoms with Crippen molar-refractivity contribution in [2.75, 3.05) is 5.73 Å². The monoisotopic (exact) mass is 266 g/mol. The van der Waals surface area contributed by atoms with Gasteiger partial charge in [0.05, 0.1) is 0 Å². The number of nitrogens with two attached hydrogens (primary N) is 1. The van der Waals surface area contributed by atoms with Crippen LogP contribution >= 0.6 is 0 Å². The van der Waals surface area contributed by atoms with Gasteiger partial charge in [-0.05, 0) is 24.6 Å². The highest BCUT2D eigenvalue weighted by Gasteiger charge is 2.14. The molecule has 3 N–H and O–H groups in total. The number of hydrogen-bond acceptors (Lipinski definition) is 4. The summed E-state index contributed by atoms with van der Waals surface area (Å²) < 4.78 is 1.44. The molecule has 3 aromatic rings. The van der Waals surface area contributed by atoms with Gasteiger partial charge in [-0.2, -0.15) is 4.68 Å². The van der Waals surface area contributed by atoms with Crippen LogP contribution in [0.2, 0.25) is 0 Å². The summed E-state index contributed by atoms with van der Waals surface area (Å²) in [5, 5.41) is 18.1. The third-order valence-corrected chi connectivity index (χ3v) is 3.11. The quantitative estimate of drug-likeness (QED) is 0.747. The number of rotatable bonds is 2. The minimum absolute atomic E-state index is 0.126. The van der Waals surface area contributed by atoms with Gasteiger partial charge in [-0.3, -0.25) is 0 Å². The van der Waals surface area contributed by atoms with Gasteiger partial charge in [0.2, 0.25) is 0 Å². The summed E-state index contributed by atoms with van der Waals surface area (Å²) in [6, 6.07) is 14.9. The summed E-state index contributed by atoms with van der Waals surface area (Å²) in [5.74, 6) is 0.525. The lowest BCUT2D eigenvalue weighted by atomic mass is 10.1. The Morgan fingerprint density at radius 2 is 1.85 bits per heavy atom. The molecular weight excluding hydrogens is 252 g/mol. The zero-order chi connectivity index (χ0) is 14.1. The van der Waals surface area contributed by atoms with Crippen LogP contribution < -0.4 is 5.73 Å². The van der Waals surface area contributed by atoms with Gasteiger partial charge in [-0.25, -0.2) is 0 Å². The average Bonchev–Trinajstić information content (AvgIpc) is 2.82. The lowest BCUT2D eigenvalue weighted by Crippen LogP contribution is -2.02. The first kappa shape index (κ1) is 12.2. The normalized spacial score (nSPS) is 10.7. The number of nitrogen functional groups attached to an aromatic ring is 1. The summed E-state index contributed by atoms with van der Waals surface area (Å²) in [7, 11) is 0. The number of aromatic hydroxyl groups is 1. The van der Waals surface area contributed by atoms with E-state index in [-0.39, 0.29) is 5.75 Å². The molecule has 20 heavy (non-hydrogen) atoms. The van der Waals surface area contributed by atoms with Crippen molar-refractivity contribution in [2.45, 2.75) is 6.92 Å². The van der Waals surface area contributed by atoms with Crippen molar-refractivity contribution in [1.82, 2.24) is 15.0 Å². The smallest absolute Gasteiger partial charge is 0.156 e. The average molecular weight is 266 g/mol. The maximum absolute atomic E-state index is 10.0. The highest BCUT2D eigenvalue weighted by Crippen LogP contribution is 2.29. The van der Waals surface area contributed by atoms with Gasteiger partial charge in [-0.1, -0.05) is 41.6 Å². The molecule has 0 saturated heterocycles. The molecule has 1 heterocycles. The molecular formula is C15H14N4O. The summed E-state index contributed by atoms with van der Waals surface area (Å²) in [6.45, 7) is 1.91. The first-order valence-corrected chi connectivity index (χ1v) is 6.23. The van der Waals surface area contributed by atoms with Crippen LogP contribution in [0.5, 0.6) is 5.75 Å². The molecule has 0 unspecified atom stereocenters. The van der Waals surface area contributed by atoms with E-state index in [9.17, 15) is 5.11 Å². The Balaban J connectivity index is 2.11. The Labute approximate surface area is 116 Å². The van der Waals surface area contributed by atoms with E-state index >= 15 is 0 Å². The molecule has 0 saturated carbocycles. The Morgan fingerprint density at radius 1 is 1.10 bits per heavy atom. The van der Waals surface area contributed by atoms with Crippen LogP contribution in [0, 0.1) is 6.92 Å². The summed E-state index contributed by atoms with van der Waals surface area (Å²) >= 11 is 0. The molecule has 1 aromatic heterocycles. The molecule has 5 nitrogen and oxygen atoms in total. The minimum atomic E-state index is 0.126. The number of phenols is 1. The van der Waals surface area contributed by atoms with E-state index in [1.54, 1.807) is 12.1 Å². The number of benzene rings is 2. The van der Waals surface area contributed by atoms with Gasteiger partial charge in [0.15, 0.2) is 5.82 Å². The van der Waals surface area contributed by atoms with Gasteiger partial charge in [-0.15, -0.1) is 5.10 Å². The molecule has 0 aliphatic carbocycles. The zero-order valence-electron chi connectivity index (χ0n) is 11.0. The maximum atomic E-state index is 10.0. The van der Waals surface area contributed by atoms with Crippen LogP contribution in [0.25, 0.3) is 16.9 Å². The molecule has 0 bridgehead atoms. The van der Waals surface area contributed by atoms with E-state index in [0.717, 1.165) is 11.1 Å². The van der Waals surface area contributed by atoms with Crippen molar-refractivity contribution >= 4 is 5.82 Å². The predicted octanol–water partition coefficient (Wildman–Crippen LogP) is 2.53. The second-order valence-electron chi connectivity index (χ2n) is 4.59. The fourth-order valence-corrected chi connectivity index (χ4v) is 2.08. The van der Waals surface area contributed by atoms with Gasteiger partial charge in [0, 0.05) is 5.56 Å². The van der Waals surface area contributed by atoms with Crippen molar-refractivity contribution < 1.29 is 5.11 Å². The Hall–Kier alpha value is -2.82. The molecule has 100 valence electrons. The van der Waals surface area contributed by atoms with Crippen LogP contribution in [0.1, 0.15) is 5.56 Å². The van der Waals surface area contributed by atoms with E-state index < -0.39 is 0 Å². The first-order chi connectivity index (χ1) is 9.66. The van der Waals surface area contributed by atoms with Gasteiger partial charge in [0.1, 0.15) is 17.1 Å². The number of phenolic OH excluding ortho intramolecular Hbond substituents is 1. The highest BCUT2D eigenvalue weighted by atomic mass is 16.3. The van der Waals surface area contributed by atoms with Gasteiger partial charge < -0.3 is 10.8 Å². The van der Waals surface area contributed by atoms with Crippen LogP contribution in [0.4, 0.5) is 5.82 Å². The molecule has 0 fully saturated rings. The second kappa shape index (κ2) is 4.70. The Morgan fingerprint density at radius 3 is 2.55 bits per heavy atom. The second-order valence-corrected chi connectivity index (χ2v) is 4.59. The summed E-state index contributed by atoms with van der Waals surface area (Å²) in [6.07, 6.45) is 0. The molecule has 0 radical (unpaired) electrons.